The number of carbonyl (C=O) groups excluding carboxylic acids is 1. The van der Waals surface area contributed by atoms with Crippen molar-refractivity contribution in [3.8, 4) is 22.7 Å². The Balaban J connectivity index is 1.68. The summed E-state index contributed by atoms with van der Waals surface area (Å²) in [4.78, 5) is 16.0. The second kappa shape index (κ2) is 6.69. The fourth-order valence-corrected chi connectivity index (χ4v) is 3.04. The van der Waals surface area contributed by atoms with Gasteiger partial charge >= 0.3 is 0 Å². The van der Waals surface area contributed by atoms with Crippen molar-refractivity contribution in [1.82, 2.24) is 24.9 Å². The zero-order chi connectivity index (χ0) is 19.0. The molecule has 0 atom stereocenters. The Kier molecular flexibility index (Phi) is 4.21. The van der Waals surface area contributed by atoms with E-state index in [-0.39, 0.29) is 17.5 Å². The van der Waals surface area contributed by atoms with Crippen LogP contribution in [0.2, 0.25) is 0 Å². The number of anilines is 2. The van der Waals surface area contributed by atoms with Crippen LogP contribution in [0.25, 0.3) is 16.9 Å². The molecule has 0 aliphatic carbocycles. The number of piperazine rings is 1. The first kappa shape index (κ1) is 17.0. The number of phenolic OH excluding ortho intramolecular Hbond substituents is 1. The molecule has 0 bridgehead atoms. The van der Waals surface area contributed by atoms with Crippen LogP contribution >= 0.6 is 0 Å². The number of benzene rings is 1. The first-order valence-corrected chi connectivity index (χ1v) is 8.48. The van der Waals surface area contributed by atoms with Gasteiger partial charge in [0, 0.05) is 18.7 Å². The number of rotatable bonds is 3. The third-order valence-electron chi connectivity index (χ3n) is 4.52. The Hall–Kier alpha value is -3.46. The van der Waals surface area contributed by atoms with Gasteiger partial charge < -0.3 is 15.7 Å². The summed E-state index contributed by atoms with van der Waals surface area (Å²) in [6.45, 7) is 1.78. The van der Waals surface area contributed by atoms with Crippen molar-refractivity contribution in [2.24, 2.45) is 0 Å². The standard InChI is InChI=1S/C18H19N7O2/c1-23-6-7-24(17(27)11-23)12-9-20-25(10-12)15-8-14(21-22-18(15)19)13-4-2-3-5-16(13)26/h2-5,8-10,26H,6-7,11H2,1H3,(H2,19,22). The van der Waals surface area contributed by atoms with Gasteiger partial charge in [0.25, 0.3) is 0 Å². The highest BCUT2D eigenvalue weighted by atomic mass is 16.3. The Morgan fingerprint density at radius 2 is 2.00 bits per heavy atom. The van der Waals surface area contributed by atoms with Crippen molar-refractivity contribution in [3.63, 3.8) is 0 Å². The Bertz CT molecular complexity index is 1000. The van der Waals surface area contributed by atoms with E-state index in [1.165, 1.54) is 0 Å². The number of hydrogen-bond donors (Lipinski definition) is 2. The molecular weight excluding hydrogens is 346 g/mol. The second-order valence-electron chi connectivity index (χ2n) is 6.44. The summed E-state index contributed by atoms with van der Waals surface area (Å²) in [5.74, 6) is 0.333. The van der Waals surface area contributed by atoms with E-state index < -0.39 is 0 Å². The molecule has 1 aliphatic rings. The third kappa shape index (κ3) is 3.20. The van der Waals surface area contributed by atoms with Crippen LogP contribution in [0.3, 0.4) is 0 Å². The van der Waals surface area contributed by atoms with Crippen LogP contribution < -0.4 is 10.6 Å². The molecule has 27 heavy (non-hydrogen) atoms. The number of nitrogen functional groups attached to an aromatic ring is 1. The maximum atomic E-state index is 12.3. The SMILES string of the molecule is CN1CCN(c2cnn(-c3cc(-c4ccccc4O)nnc3N)c2)C(=O)C1. The van der Waals surface area contributed by atoms with Crippen LogP contribution in [0.15, 0.2) is 42.7 Å². The molecule has 1 saturated heterocycles. The lowest BCUT2D eigenvalue weighted by Gasteiger charge is -2.31. The van der Waals surface area contributed by atoms with E-state index in [1.807, 2.05) is 11.9 Å². The molecule has 3 heterocycles. The molecule has 4 rings (SSSR count). The van der Waals surface area contributed by atoms with Gasteiger partial charge in [0.15, 0.2) is 5.82 Å². The van der Waals surface area contributed by atoms with Crippen molar-refractivity contribution in [3.05, 3.63) is 42.7 Å². The molecule has 1 aliphatic heterocycles. The number of carbonyl (C=O) groups is 1. The molecule has 1 amide bonds. The van der Waals surface area contributed by atoms with Gasteiger partial charge in [-0.3, -0.25) is 9.69 Å². The maximum Gasteiger partial charge on any atom is 0.241 e. The Morgan fingerprint density at radius 1 is 1.19 bits per heavy atom. The number of likely N-dealkylation sites (N-methyl/N-ethyl adjacent to an activating group) is 1. The molecular formula is C18H19N7O2. The smallest absolute Gasteiger partial charge is 0.241 e. The van der Waals surface area contributed by atoms with E-state index in [0.29, 0.717) is 35.7 Å². The molecule has 9 nitrogen and oxygen atoms in total. The first-order chi connectivity index (χ1) is 13.0. The number of para-hydroxylation sites is 1. The number of amides is 1. The molecule has 0 spiro atoms. The van der Waals surface area contributed by atoms with Crippen LogP contribution in [-0.4, -0.2) is 62.6 Å². The minimum absolute atomic E-state index is 0.0269. The van der Waals surface area contributed by atoms with Crippen LogP contribution in [0.1, 0.15) is 0 Å². The fraction of sp³-hybridized carbons (Fsp3) is 0.222. The predicted molar refractivity (Wildman–Crippen MR) is 101 cm³/mol. The number of phenols is 1. The summed E-state index contributed by atoms with van der Waals surface area (Å²) in [5, 5.41) is 22.4. The Labute approximate surface area is 155 Å². The van der Waals surface area contributed by atoms with E-state index in [1.54, 1.807) is 52.3 Å². The van der Waals surface area contributed by atoms with Crippen molar-refractivity contribution in [2.75, 3.05) is 37.3 Å². The van der Waals surface area contributed by atoms with Crippen molar-refractivity contribution < 1.29 is 9.90 Å². The average molecular weight is 365 g/mol. The molecule has 2 aromatic heterocycles. The molecule has 0 saturated carbocycles. The molecule has 9 heteroatoms. The van der Waals surface area contributed by atoms with Gasteiger partial charge in [-0.25, -0.2) is 4.68 Å². The summed E-state index contributed by atoms with van der Waals surface area (Å²) in [7, 11) is 1.92. The van der Waals surface area contributed by atoms with E-state index >= 15 is 0 Å². The summed E-state index contributed by atoms with van der Waals surface area (Å²) >= 11 is 0. The largest absolute Gasteiger partial charge is 0.507 e. The van der Waals surface area contributed by atoms with E-state index in [4.69, 9.17) is 5.73 Å². The first-order valence-electron chi connectivity index (χ1n) is 8.48. The van der Waals surface area contributed by atoms with Crippen LogP contribution in [-0.2, 0) is 4.79 Å². The highest BCUT2D eigenvalue weighted by Gasteiger charge is 2.24. The van der Waals surface area contributed by atoms with E-state index in [2.05, 4.69) is 15.3 Å². The van der Waals surface area contributed by atoms with Crippen LogP contribution in [0, 0.1) is 0 Å². The van der Waals surface area contributed by atoms with E-state index in [9.17, 15) is 9.90 Å². The van der Waals surface area contributed by atoms with Crippen molar-refractivity contribution >= 4 is 17.4 Å². The van der Waals surface area contributed by atoms with Gasteiger partial charge in [-0.05, 0) is 25.2 Å². The summed E-state index contributed by atoms with van der Waals surface area (Å²) in [5.41, 5.74) is 8.24. The van der Waals surface area contributed by atoms with Gasteiger partial charge in [0.2, 0.25) is 5.91 Å². The molecule has 1 fully saturated rings. The van der Waals surface area contributed by atoms with Crippen LogP contribution in [0.4, 0.5) is 11.5 Å². The summed E-state index contributed by atoms with van der Waals surface area (Å²) in [6, 6.07) is 8.57. The van der Waals surface area contributed by atoms with E-state index in [0.717, 1.165) is 6.54 Å². The molecule has 3 aromatic rings. The quantitative estimate of drug-likeness (QED) is 0.709. The summed E-state index contributed by atoms with van der Waals surface area (Å²) < 4.78 is 1.56. The second-order valence-corrected chi connectivity index (χ2v) is 6.44. The minimum atomic E-state index is 0.0269. The minimum Gasteiger partial charge on any atom is -0.507 e. The monoisotopic (exact) mass is 365 g/mol. The topological polar surface area (TPSA) is 113 Å². The fourth-order valence-electron chi connectivity index (χ4n) is 3.04. The number of nitrogens with zero attached hydrogens (tertiary/aromatic N) is 6. The molecule has 0 radical (unpaired) electrons. The van der Waals surface area contributed by atoms with Gasteiger partial charge in [-0.15, -0.1) is 10.2 Å². The zero-order valence-electron chi connectivity index (χ0n) is 14.8. The molecule has 138 valence electrons. The lowest BCUT2D eigenvalue weighted by Crippen LogP contribution is -2.48. The van der Waals surface area contributed by atoms with Crippen LogP contribution in [0.5, 0.6) is 5.75 Å². The zero-order valence-corrected chi connectivity index (χ0v) is 14.8. The lowest BCUT2D eigenvalue weighted by molar-refractivity contribution is -0.120. The molecule has 3 N–H and O–H groups in total. The van der Waals surface area contributed by atoms with Gasteiger partial charge in [-0.1, -0.05) is 12.1 Å². The normalized spacial score (nSPS) is 15.3. The number of aromatic nitrogens is 4. The summed E-state index contributed by atoms with van der Waals surface area (Å²) in [6.07, 6.45) is 3.37. The maximum absolute atomic E-state index is 12.3. The Morgan fingerprint density at radius 3 is 2.78 bits per heavy atom. The third-order valence-corrected chi connectivity index (χ3v) is 4.52. The molecule has 1 aromatic carbocycles. The lowest BCUT2D eigenvalue weighted by atomic mass is 10.1. The van der Waals surface area contributed by atoms with Gasteiger partial charge in [0.1, 0.15) is 11.4 Å². The average Bonchev–Trinajstić information content (AvgIpc) is 3.12. The predicted octanol–water partition coefficient (Wildman–Crippen LogP) is 0.895. The highest BCUT2D eigenvalue weighted by Crippen LogP contribution is 2.29. The number of aromatic hydroxyl groups is 1. The number of hydrogen-bond acceptors (Lipinski definition) is 7. The van der Waals surface area contributed by atoms with Crippen molar-refractivity contribution in [2.45, 2.75) is 0 Å². The van der Waals surface area contributed by atoms with Gasteiger partial charge in [0.05, 0.1) is 30.3 Å². The molecule has 0 unspecified atom stereocenters. The van der Waals surface area contributed by atoms with Gasteiger partial charge in [-0.2, -0.15) is 5.10 Å². The van der Waals surface area contributed by atoms with Crippen molar-refractivity contribution in [1.29, 1.82) is 0 Å². The number of nitrogens with two attached hydrogens (primary N) is 1. The highest BCUT2D eigenvalue weighted by molar-refractivity contribution is 5.95.